The summed E-state index contributed by atoms with van der Waals surface area (Å²) in [5.74, 6) is 0. The molecule has 0 spiro atoms. The largest absolute Gasteiger partial charge is 0.395 e. The first-order valence-electron chi connectivity index (χ1n) is 5.49. The third kappa shape index (κ3) is 13.7. The van der Waals surface area contributed by atoms with E-state index >= 15 is 0 Å². The van der Waals surface area contributed by atoms with Crippen LogP contribution in [0.5, 0.6) is 0 Å². The van der Waals surface area contributed by atoms with E-state index in [0.717, 1.165) is 0 Å². The quantitative estimate of drug-likeness (QED) is 0.273. The third-order valence-corrected chi connectivity index (χ3v) is 1.91. The maximum Gasteiger partial charge on any atom is 0.169 e. The maximum absolute atomic E-state index is 8.48. The number of aliphatic hydroxyl groups is 5. The van der Waals surface area contributed by atoms with Crippen LogP contribution in [-0.4, -0.2) is 81.7 Å². The van der Waals surface area contributed by atoms with Crippen molar-refractivity contribution in [3.63, 3.8) is 0 Å². The molecule has 0 aliphatic heterocycles. The molecule has 0 bridgehead atoms. The smallest absolute Gasteiger partial charge is 0.169 e. The fourth-order valence-electron chi connectivity index (χ4n) is 0.760. The Balaban J connectivity index is 0. The van der Waals surface area contributed by atoms with E-state index in [2.05, 4.69) is 0 Å². The number of aliphatic hydroxyl groups excluding tert-OH is 4. The minimum Gasteiger partial charge on any atom is -0.395 e. The Morgan fingerprint density at radius 3 is 1.29 bits per heavy atom. The summed E-state index contributed by atoms with van der Waals surface area (Å²) in [6.45, 7) is 4.83. The fourth-order valence-corrected chi connectivity index (χ4v) is 0.760. The minimum absolute atomic E-state index is 0.0694. The van der Waals surface area contributed by atoms with Crippen LogP contribution in [0.3, 0.4) is 0 Å². The zero-order valence-electron chi connectivity index (χ0n) is 10.6. The summed E-state index contributed by atoms with van der Waals surface area (Å²) in [7, 11) is 0. The second kappa shape index (κ2) is 10.8. The number of hydrogen-bond acceptors (Lipinski definition) is 7. The molecule has 0 aromatic carbocycles. The van der Waals surface area contributed by atoms with Gasteiger partial charge in [0.15, 0.2) is 6.29 Å². The van der Waals surface area contributed by atoms with Gasteiger partial charge in [-0.2, -0.15) is 0 Å². The van der Waals surface area contributed by atoms with Gasteiger partial charge >= 0.3 is 0 Å². The topological polar surface area (TPSA) is 130 Å². The zero-order valence-corrected chi connectivity index (χ0v) is 10.6. The first kappa shape index (κ1) is 19.1. The highest BCUT2D eigenvalue weighted by Crippen LogP contribution is 1.98. The minimum atomic E-state index is -1.42. The Hall–Kier alpha value is -0.280. The molecular weight excluding hydrogens is 228 g/mol. The Labute approximate surface area is 102 Å². The van der Waals surface area contributed by atoms with Gasteiger partial charge in [0.1, 0.15) is 0 Å². The van der Waals surface area contributed by atoms with Crippen molar-refractivity contribution in [3.05, 3.63) is 0 Å². The monoisotopic (exact) mass is 254 g/mol. The Bertz CT molecular complexity index is 147. The van der Waals surface area contributed by atoms with Crippen molar-refractivity contribution in [2.75, 3.05) is 39.5 Å². The molecule has 0 rings (SSSR count). The average Bonchev–Trinajstić information content (AvgIpc) is 2.18. The average molecular weight is 254 g/mol. The molecule has 0 saturated carbocycles. The van der Waals surface area contributed by atoms with Crippen molar-refractivity contribution in [2.24, 2.45) is 5.73 Å². The molecule has 0 aromatic rings. The van der Waals surface area contributed by atoms with Gasteiger partial charge in [0, 0.05) is 19.6 Å². The van der Waals surface area contributed by atoms with Crippen LogP contribution in [0.1, 0.15) is 13.8 Å². The maximum atomic E-state index is 8.48. The summed E-state index contributed by atoms with van der Waals surface area (Å²) in [6.07, 6.45) is -1.42. The summed E-state index contributed by atoms with van der Waals surface area (Å²) in [5, 5.41) is 42.1. The Morgan fingerprint density at radius 2 is 1.18 bits per heavy atom. The van der Waals surface area contributed by atoms with Crippen molar-refractivity contribution in [2.45, 2.75) is 25.7 Å². The van der Waals surface area contributed by atoms with E-state index in [-0.39, 0.29) is 19.8 Å². The molecule has 0 saturated heterocycles. The summed E-state index contributed by atoms with van der Waals surface area (Å²) in [6, 6.07) is 0. The molecule has 0 fully saturated rings. The molecule has 0 radical (unpaired) electrons. The molecule has 0 atom stereocenters. The Kier molecular flexibility index (Phi) is 12.2. The summed E-state index contributed by atoms with van der Waals surface area (Å²) >= 11 is 0. The van der Waals surface area contributed by atoms with Crippen molar-refractivity contribution < 1.29 is 25.5 Å². The summed E-state index contributed by atoms with van der Waals surface area (Å²) in [4.78, 5) is 1.79. The molecule has 0 aliphatic carbocycles. The van der Waals surface area contributed by atoms with E-state index in [1.54, 1.807) is 4.90 Å². The van der Waals surface area contributed by atoms with Gasteiger partial charge in [0.2, 0.25) is 0 Å². The van der Waals surface area contributed by atoms with Crippen LogP contribution in [0.2, 0.25) is 0 Å². The van der Waals surface area contributed by atoms with Crippen LogP contribution in [0.25, 0.3) is 0 Å². The lowest BCUT2D eigenvalue weighted by Crippen LogP contribution is -2.44. The van der Waals surface area contributed by atoms with Gasteiger partial charge in [-0.1, -0.05) is 0 Å². The van der Waals surface area contributed by atoms with E-state index in [0.29, 0.717) is 19.6 Å². The first-order chi connectivity index (χ1) is 7.79. The van der Waals surface area contributed by atoms with E-state index in [1.807, 2.05) is 0 Å². The molecule has 17 heavy (non-hydrogen) atoms. The van der Waals surface area contributed by atoms with Gasteiger partial charge in [-0.15, -0.1) is 0 Å². The number of rotatable bonds is 7. The van der Waals surface area contributed by atoms with E-state index in [9.17, 15) is 0 Å². The molecule has 0 heterocycles. The first-order valence-corrected chi connectivity index (χ1v) is 5.49. The van der Waals surface area contributed by atoms with Gasteiger partial charge in [0.05, 0.1) is 25.4 Å². The second-order valence-electron chi connectivity index (χ2n) is 4.21. The third-order valence-electron chi connectivity index (χ3n) is 1.91. The van der Waals surface area contributed by atoms with Crippen LogP contribution < -0.4 is 5.73 Å². The highest BCUT2D eigenvalue weighted by molar-refractivity contribution is 4.72. The van der Waals surface area contributed by atoms with Crippen molar-refractivity contribution >= 4 is 0 Å². The highest BCUT2D eigenvalue weighted by atomic mass is 16.5. The predicted octanol–water partition coefficient (Wildman–Crippen LogP) is -2.70. The van der Waals surface area contributed by atoms with E-state index in [4.69, 9.17) is 31.3 Å². The molecule has 0 unspecified atom stereocenters. The van der Waals surface area contributed by atoms with Crippen LogP contribution in [0.4, 0.5) is 0 Å². The predicted molar refractivity (Wildman–Crippen MR) is 64.2 cm³/mol. The standard InChI is InChI=1S/C6H15NO3.C4H11NO2/c8-4-1-7(2-5-9)3-6-10;1-4(2,5)3(6)7/h8-10H,1-6H2;3,6-7H,5H2,1-2H3. The van der Waals surface area contributed by atoms with Crippen molar-refractivity contribution in [1.29, 1.82) is 0 Å². The lowest BCUT2D eigenvalue weighted by Gasteiger charge is -2.19. The van der Waals surface area contributed by atoms with Crippen LogP contribution in [0.15, 0.2) is 0 Å². The summed E-state index contributed by atoms with van der Waals surface area (Å²) in [5.41, 5.74) is 4.29. The molecule has 106 valence electrons. The van der Waals surface area contributed by atoms with Gasteiger partial charge in [-0.25, -0.2) is 0 Å². The Morgan fingerprint density at radius 1 is 0.941 bits per heavy atom. The van der Waals surface area contributed by atoms with Gasteiger partial charge in [0.25, 0.3) is 0 Å². The van der Waals surface area contributed by atoms with E-state index < -0.39 is 11.8 Å². The molecular formula is C10H26N2O5. The lowest BCUT2D eigenvalue weighted by molar-refractivity contribution is -0.0848. The molecule has 7 N–H and O–H groups in total. The number of nitrogens with zero attached hydrogens (tertiary/aromatic N) is 1. The molecule has 7 nitrogen and oxygen atoms in total. The SMILES string of the molecule is CC(C)(N)C(O)O.OCCN(CCO)CCO. The van der Waals surface area contributed by atoms with Crippen molar-refractivity contribution in [1.82, 2.24) is 4.90 Å². The number of hydrogen-bond donors (Lipinski definition) is 6. The zero-order chi connectivity index (χ0) is 13.9. The van der Waals surface area contributed by atoms with Crippen molar-refractivity contribution in [3.8, 4) is 0 Å². The number of nitrogens with two attached hydrogens (primary N) is 1. The molecule has 0 aliphatic rings. The van der Waals surface area contributed by atoms with Gasteiger partial charge < -0.3 is 31.3 Å². The molecule has 0 amide bonds. The second-order valence-corrected chi connectivity index (χ2v) is 4.21. The van der Waals surface area contributed by atoms with Crippen LogP contribution in [0, 0.1) is 0 Å². The van der Waals surface area contributed by atoms with Gasteiger partial charge in [-0.05, 0) is 13.8 Å². The fraction of sp³-hybridized carbons (Fsp3) is 1.00. The van der Waals surface area contributed by atoms with Crippen LogP contribution >= 0.6 is 0 Å². The molecule has 7 heteroatoms. The van der Waals surface area contributed by atoms with Crippen LogP contribution in [-0.2, 0) is 0 Å². The van der Waals surface area contributed by atoms with Gasteiger partial charge in [-0.3, -0.25) is 4.90 Å². The lowest BCUT2D eigenvalue weighted by atomic mass is 10.1. The highest BCUT2D eigenvalue weighted by Gasteiger charge is 2.18. The normalized spacial score (nSPS) is 11.6. The summed E-state index contributed by atoms with van der Waals surface area (Å²) < 4.78 is 0. The molecule has 0 aromatic heterocycles. The van der Waals surface area contributed by atoms with E-state index in [1.165, 1.54) is 13.8 Å².